The maximum atomic E-state index is 13.2. The van der Waals surface area contributed by atoms with Gasteiger partial charge in [-0.25, -0.2) is 13.1 Å². The number of fused-ring (bicyclic) bond motifs is 1. The maximum absolute atomic E-state index is 13.2. The summed E-state index contributed by atoms with van der Waals surface area (Å²) in [5.74, 6) is 0. The predicted molar refractivity (Wildman–Crippen MR) is 172 cm³/mol. The van der Waals surface area contributed by atoms with Crippen molar-refractivity contribution in [2.24, 2.45) is 5.73 Å². The van der Waals surface area contributed by atoms with Crippen LogP contribution in [0.25, 0.3) is 10.8 Å². The van der Waals surface area contributed by atoms with E-state index in [0.717, 1.165) is 21.9 Å². The van der Waals surface area contributed by atoms with E-state index >= 15 is 0 Å². The van der Waals surface area contributed by atoms with Crippen LogP contribution in [0.4, 0.5) is 0 Å². The Bertz CT molecular complexity index is 1650. The van der Waals surface area contributed by atoms with Crippen molar-refractivity contribution in [3.63, 3.8) is 0 Å². The van der Waals surface area contributed by atoms with Crippen LogP contribution in [-0.4, -0.2) is 8.42 Å². The van der Waals surface area contributed by atoms with Gasteiger partial charge < -0.3 is 5.73 Å². The van der Waals surface area contributed by atoms with Crippen molar-refractivity contribution in [3.05, 3.63) is 148 Å². The van der Waals surface area contributed by atoms with E-state index in [0.29, 0.717) is 0 Å². The first-order valence-electron chi connectivity index (χ1n) is 13.9. The first kappa shape index (κ1) is 33.4. The smallest absolute Gasteiger partial charge is 0.241 e. The van der Waals surface area contributed by atoms with Crippen LogP contribution in [0.5, 0.6) is 0 Å². The molecule has 0 unspecified atom stereocenters. The molecule has 0 fully saturated rings. The van der Waals surface area contributed by atoms with Crippen molar-refractivity contribution in [1.82, 2.24) is 4.72 Å². The number of nitrogens with two attached hydrogens (primary N) is 1. The Morgan fingerprint density at radius 1 is 0.548 bits per heavy atom. The zero-order chi connectivity index (χ0) is 29.7. The number of rotatable bonds is 6. The molecule has 2 atom stereocenters. The van der Waals surface area contributed by atoms with E-state index in [1.165, 1.54) is 33.4 Å². The molecule has 220 valence electrons. The molecule has 0 heterocycles. The fourth-order valence-electron chi connectivity index (χ4n) is 5.13. The third kappa shape index (κ3) is 7.43. The van der Waals surface area contributed by atoms with Crippen molar-refractivity contribution < 1.29 is 27.9 Å². The van der Waals surface area contributed by atoms with Crippen LogP contribution >= 0.6 is 0 Å². The average Bonchev–Trinajstić information content (AvgIpc) is 3.01. The molecule has 0 aromatic heterocycles. The van der Waals surface area contributed by atoms with Gasteiger partial charge in [-0.05, 0) is 109 Å². The molecule has 0 aliphatic carbocycles. The summed E-state index contributed by atoms with van der Waals surface area (Å²) in [6.07, 6.45) is 0. The number of nitrogens with one attached hydrogen (secondary N) is 1. The van der Waals surface area contributed by atoms with E-state index in [1.807, 2.05) is 91.0 Å². The maximum Gasteiger partial charge on any atom is 0.241 e. The molecule has 0 saturated carbocycles. The zero-order valence-electron chi connectivity index (χ0n) is 25.1. The monoisotopic (exact) mass is 666 g/mol. The third-order valence-electron chi connectivity index (χ3n) is 8.39. The standard InChI is InChI=1S/C24H22N2O2S.C12H18.Ru/c25-23(19-10-3-1-4-11-19)24(20-12-5-2-6-13-20)26-29(27,28)22-16-15-18-9-7-8-14-21(18)17-22;1-7-8(2)10(4)12(6)11(5)9(7)3;/h1-17,23-24,26H,25H2;1-6H3;/t23-,24-;;/m0../s1. The second kappa shape index (κ2) is 14.4. The molecule has 0 aliphatic heterocycles. The van der Waals surface area contributed by atoms with E-state index in [4.69, 9.17) is 5.73 Å². The Labute approximate surface area is 264 Å². The minimum Gasteiger partial charge on any atom is -0.322 e. The molecule has 0 spiro atoms. The van der Waals surface area contributed by atoms with E-state index < -0.39 is 22.1 Å². The van der Waals surface area contributed by atoms with Gasteiger partial charge in [-0.15, -0.1) is 0 Å². The number of sulfonamides is 1. The number of benzene rings is 5. The molecule has 0 bridgehead atoms. The van der Waals surface area contributed by atoms with Crippen LogP contribution in [0.2, 0.25) is 0 Å². The third-order valence-corrected chi connectivity index (χ3v) is 9.83. The fourth-order valence-corrected chi connectivity index (χ4v) is 6.42. The van der Waals surface area contributed by atoms with Gasteiger partial charge in [-0.3, -0.25) is 0 Å². The summed E-state index contributed by atoms with van der Waals surface area (Å²) >= 11 is 0. The molecular weight excluding hydrogens is 626 g/mol. The Morgan fingerprint density at radius 3 is 1.43 bits per heavy atom. The summed E-state index contributed by atoms with van der Waals surface area (Å²) in [5, 5.41) is 1.87. The van der Waals surface area contributed by atoms with E-state index in [-0.39, 0.29) is 24.4 Å². The minimum absolute atomic E-state index is 0. The largest absolute Gasteiger partial charge is 0.322 e. The van der Waals surface area contributed by atoms with Gasteiger partial charge in [0.1, 0.15) is 0 Å². The second-order valence-corrected chi connectivity index (χ2v) is 12.4. The topological polar surface area (TPSA) is 72.2 Å². The second-order valence-electron chi connectivity index (χ2n) is 10.7. The molecule has 0 aliphatic rings. The predicted octanol–water partition coefficient (Wildman–Crippen LogP) is 8.09. The molecule has 4 nitrogen and oxygen atoms in total. The van der Waals surface area contributed by atoms with Gasteiger partial charge in [0.25, 0.3) is 0 Å². The molecular formula is C36H40N2O2RuS. The molecule has 6 heteroatoms. The normalized spacial score (nSPS) is 12.5. The fraction of sp³-hybridized carbons (Fsp3) is 0.222. The Hall–Kier alpha value is -3.15. The Balaban J connectivity index is 0.000000315. The van der Waals surface area contributed by atoms with E-state index in [2.05, 4.69) is 46.3 Å². The molecule has 5 aromatic rings. The molecule has 0 saturated heterocycles. The Morgan fingerprint density at radius 2 is 0.952 bits per heavy atom. The summed E-state index contributed by atoms with van der Waals surface area (Å²) in [5.41, 5.74) is 16.9. The van der Waals surface area contributed by atoms with Crippen molar-refractivity contribution in [1.29, 1.82) is 0 Å². The molecule has 5 aromatic carbocycles. The van der Waals surface area contributed by atoms with Crippen LogP contribution in [0.3, 0.4) is 0 Å². The van der Waals surface area contributed by atoms with Crippen molar-refractivity contribution in [3.8, 4) is 0 Å². The summed E-state index contributed by atoms with van der Waals surface area (Å²) in [7, 11) is -3.78. The summed E-state index contributed by atoms with van der Waals surface area (Å²) in [6, 6.07) is 30.6. The summed E-state index contributed by atoms with van der Waals surface area (Å²) in [6.45, 7) is 13.3. The molecule has 5 rings (SSSR count). The van der Waals surface area contributed by atoms with Crippen molar-refractivity contribution in [2.75, 3.05) is 0 Å². The van der Waals surface area contributed by atoms with Gasteiger partial charge in [-0.1, -0.05) is 91.0 Å². The minimum atomic E-state index is -3.78. The van der Waals surface area contributed by atoms with Gasteiger partial charge in [0, 0.05) is 19.5 Å². The van der Waals surface area contributed by atoms with E-state index in [1.54, 1.807) is 12.1 Å². The zero-order valence-corrected chi connectivity index (χ0v) is 27.7. The number of hydrogen-bond acceptors (Lipinski definition) is 3. The van der Waals surface area contributed by atoms with Gasteiger partial charge in [0.05, 0.1) is 17.0 Å². The first-order valence-corrected chi connectivity index (χ1v) is 15.4. The van der Waals surface area contributed by atoms with Gasteiger partial charge in [0.2, 0.25) is 10.0 Å². The van der Waals surface area contributed by atoms with Crippen LogP contribution < -0.4 is 10.5 Å². The molecule has 3 N–H and O–H groups in total. The summed E-state index contributed by atoms with van der Waals surface area (Å²) in [4.78, 5) is 0.220. The quantitative estimate of drug-likeness (QED) is 0.180. The first-order chi connectivity index (χ1) is 19.5. The number of hydrogen-bond donors (Lipinski definition) is 2. The SMILES string of the molecule is Cc1c(C)c(C)c(C)c(C)c1C.N[C@@H](c1ccccc1)[C@@H](NS(=O)(=O)c1ccc2ccccc2c1)c1ccccc1.[Ru]. The average molecular weight is 666 g/mol. The molecule has 0 radical (unpaired) electrons. The molecule has 0 amide bonds. The molecule has 42 heavy (non-hydrogen) atoms. The van der Waals surface area contributed by atoms with E-state index in [9.17, 15) is 8.42 Å². The van der Waals surface area contributed by atoms with Crippen molar-refractivity contribution >= 4 is 20.8 Å². The summed E-state index contributed by atoms with van der Waals surface area (Å²) < 4.78 is 29.3. The van der Waals surface area contributed by atoms with Gasteiger partial charge in [-0.2, -0.15) is 0 Å². The van der Waals surface area contributed by atoms with Crippen molar-refractivity contribution in [2.45, 2.75) is 58.5 Å². The van der Waals surface area contributed by atoms with Crippen LogP contribution in [0.15, 0.2) is 108 Å². The van der Waals surface area contributed by atoms with Crippen LogP contribution in [-0.2, 0) is 29.5 Å². The van der Waals surface area contributed by atoms with Crippen LogP contribution in [0.1, 0.15) is 56.6 Å². The van der Waals surface area contributed by atoms with Crippen LogP contribution in [0, 0.1) is 41.5 Å². The van der Waals surface area contributed by atoms with Gasteiger partial charge in [0.15, 0.2) is 0 Å². The Kier molecular flexibility index (Phi) is 11.4. The van der Waals surface area contributed by atoms with Gasteiger partial charge >= 0.3 is 0 Å².